The number of carboxylic acids is 1. The number of carboxylic acid groups (broad SMARTS) is 1. The second-order valence-corrected chi connectivity index (χ2v) is 3.88. The van der Waals surface area contributed by atoms with E-state index in [2.05, 4.69) is 5.32 Å². The summed E-state index contributed by atoms with van der Waals surface area (Å²) >= 11 is 1.03. The number of aromatic carboxylic acids is 1. The highest BCUT2D eigenvalue weighted by atomic mass is 32.1. The molecule has 1 aromatic heterocycles. The quantitative estimate of drug-likeness (QED) is 0.733. The van der Waals surface area contributed by atoms with Gasteiger partial charge in [0.25, 0.3) is 5.91 Å². The lowest BCUT2D eigenvalue weighted by atomic mass is 10.4. The summed E-state index contributed by atoms with van der Waals surface area (Å²) < 4.78 is 5.07. The molecule has 17 heavy (non-hydrogen) atoms. The molecule has 0 spiro atoms. The van der Waals surface area contributed by atoms with Gasteiger partial charge in [0.1, 0.15) is 5.75 Å². The molecule has 0 unspecified atom stereocenters. The van der Waals surface area contributed by atoms with E-state index in [1.165, 1.54) is 6.07 Å². The Kier molecular flexibility index (Phi) is 4.97. The first-order valence-corrected chi connectivity index (χ1v) is 5.60. The smallest absolute Gasteiger partial charge is 0.349 e. The Balaban J connectivity index is 2.40. The van der Waals surface area contributed by atoms with Crippen molar-refractivity contribution in [2.24, 2.45) is 0 Å². The van der Waals surface area contributed by atoms with E-state index in [-0.39, 0.29) is 36.1 Å². The third kappa shape index (κ3) is 4.12. The molecular weight excluding hydrogens is 244 g/mol. The summed E-state index contributed by atoms with van der Waals surface area (Å²) in [6.45, 7) is -0.00341. The minimum Gasteiger partial charge on any atom is -0.482 e. The fourth-order valence-electron chi connectivity index (χ4n) is 1.02. The van der Waals surface area contributed by atoms with E-state index in [0.29, 0.717) is 0 Å². The summed E-state index contributed by atoms with van der Waals surface area (Å²) in [5.74, 6) is -1.29. The lowest BCUT2D eigenvalue weighted by Gasteiger charge is -2.05. The van der Waals surface area contributed by atoms with E-state index < -0.39 is 5.97 Å². The lowest BCUT2D eigenvalue weighted by Crippen LogP contribution is -2.29. The maximum Gasteiger partial charge on any atom is 0.349 e. The molecule has 0 aromatic carbocycles. The predicted molar refractivity (Wildman–Crippen MR) is 60.0 cm³/mol. The van der Waals surface area contributed by atoms with Crippen LogP contribution in [0.25, 0.3) is 0 Å². The van der Waals surface area contributed by atoms with Crippen molar-refractivity contribution in [1.29, 1.82) is 5.26 Å². The number of ether oxygens (including phenoxy) is 1. The van der Waals surface area contributed by atoms with Crippen molar-refractivity contribution in [3.8, 4) is 11.8 Å². The first-order chi connectivity index (χ1) is 8.15. The number of amides is 1. The molecule has 0 saturated heterocycles. The number of carbonyl (C=O) groups is 2. The third-order valence-corrected chi connectivity index (χ3v) is 2.62. The molecule has 0 aliphatic carbocycles. The summed E-state index contributed by atoms with van der Waals surface area (Å²) in [6, 6.07) is 3.38. The summed E-state index contributed by atoms with van der Waals surface area (Å²) in [7, 11) is 0. The SMILES string of the molecule is N#CCCNC(=O)COc1ccsc1C(=O)O. The number of rotatable bonds is 6. The second kappa shape index (κ2) is 6.50. The van der Waals surface area contributed by atoms with E-state index >= 15 is 0 Å². The first kappa shape index (κ1) is 13.0. The zero-order valence-electron chi connectivity index (χ0n) is 8.80. The topological polar surface area (TPSA) is 99.4 Å². The van der Waals surface area contributed by atoms with Gasteiger partial charge in [-0.25, -0.2) is 4.79 Å². The molecule has 0 bridgehead atoms. The van der Waals surface area contributed by atoms with Crippen LogP contribution in [-0.4, -0.2) is 30.1 Å². The average Bonchev–Trinajstić information content (AvgIpc) is 2.75. The van der Waals surface area contributed by atoms with Crippen molar-refractivity contribution in [3.63, 3.8) is 0 Å². The van der Waals surface area contributed by atoms with Crippen LogP contribution < -0.4 is 10.1 Å². The monoisotopic (exact) mass is 254 g/mol. The maximum absolute atomic E-state index is 11.2. The Morgan fingerprint density at radius 1 is 1.59 bits per heavy atom. The van der Waals surface area contributed by atoms with Gasteiger partial charge >= 0.3 is 5.97 Å². The van der Waals surface area contributed by atoms with Crippen LogP contribution in [-0.2, 0) is 4.79 Å². The molecule has 0 radical (unpaired) electrons. The Morgan fingerprint density at radius 3 is 3.00 bits per heavy atom. The predicted octanol–water partition coefficient (Wildman–Crippen LogP) is 0.855. The van der Waals surface area contributed by atoms with Gasteiger partial charge in [0.2, 0.25) is 0 Å². The Labute approximate surface area is 101 Å². The number of carbonyl (C=O) groups excluding carboxylic acids is 1. The summed E-state index contributed by atoms with van der Waals surface area (Å²) in [6.07, 6.45) is 0.227. The molecule has 90 valence electrons. The molecule has 0 atom stereocenters. The van der Waals surface area contributed by atoms with Gasteiger partial charge in [-0.15, -0.1) is 11.3 Å². The van der Waals surface area contributed by atoms with Gasteiger partial charge in [-0.3, -0.25) is 4.79 Å². The normalized spacial score (nSPS) is 9.35. The molecule has 0 aliphatic rings. The van der Waals surface area contributed by atoms with Crippen LogP contribution in [0.15, 0.2) is 11.4 Å². The van der Waals surface area contributed by atoms with E-state index in [9.17, 15) is 9.59 Å². The molecule has 0 saturated carbocycles. The zero-order chi connectivity index (χ0) is 12.7. The second-order valence-electron chi connectivity index (χ2n) is 2.97. The molecule has 0 fully saturated rings. The molecule has 1 aromatic rings. The Hall–Kier alpha value is -2.07. The fraction of sp³-hybridized carbons (Fsp3) is 0.300. The number of hydrogen-bond acceptors (Lipinski definition) is 5. The van der Waals surface area contributed by atoms with Crippen molar-refractivity contribution in [1.82, 2.24) is 5.32 Å². The number of thiophene rings is 1. The standard InChI is InChI=1S/C10H10N2O4S/c11-3-1-4-12-8(13)6-16-7-2-5-17-9(7)10(14)15/h2,5H,1,4,6H2,(H,12,13)(H,14,15). The average molecular weight is 254 g/mol. The Morgan fingerprint density at radius 2 is 2.35 bits per heavy atom. The highest BCUT2D eigenvalue weighted by molar-refractivity contribution is 7.12. The zero-order valence-corrected chi connectivity index (χ0v) is 9.62. The van der Waals surface area contributed by atoms with Crippen LogP contribution in [0.3, 0.4) is 0 Å². The molecule has 1 amide bonds. The number of nitrogens with one attached hydrogen (secondary N) is 1. The lowest BCUT2D eigenvalue weighted by molar-refractivity contribution is -0.123. The molecule has 0 aliphatic heterocycles. The van der Waals surface area contributed by atoms with Crippen molar-refractivity contribution < 1.29 is 19.4 Å². The largest absolute Gasteiger partial charge is 0.482 e. The highest BCUT2D eigenvalue weighted by Gasteiger charge is 2.13. The van der Waals surface area contributed by atoms with Gasteiger partial charge in [0.05, 0.1) is 12.5 Å². The summed E-state index contributed by atoms with van der Waals surface area (Å²) in [5, 5.41) is 21.1. The van der Waals surface area contributed by atoms with E-state index in [0.717, 1.165) is 11.3 Å². The molecule has 6 nitrogen and oxygen atoms in total. The molecule has 1 rings (SSSR count). The highest BCUT2D eigenvalue weighted by Crippen LogP contribution is 2.24. The fourth-order valence-corrected chi connectivity index (χ4v) is 1.69. The van der Waals surface area contributed by atoms with E-state index in [1.54, 1.807) is 5.38 Å². The van der Waals surface area contributed by atoms with Crippen molar-refractivity contribution >= 4 is 23.2 Å². The molecule has 7 heteroatoms. The first-order valence-electron chi connectivity index (χ1n) is 4.72. The van der Waals surface area contributed by atoms with Crippen molar-refractivity contribution in [3.05, 3.63) is 16.3 Å². The molecular formula is C10H10N2O4S. The minimum atomic E-state index is -1.08. The van der Waals surface area contributed by atoms with E-state index in [1.807, 2.05) is 6.07 Å². The maximum atomic E-state index is 11.2. The molecule has 2 N–H and O–H groups in total. The van der Waals surface area contributed by atoms with Gasteiger partial charge in [-0.1, -0.05) is 0 Å². The van der Waals surface area contributed by atoms with Gasteiger partial charge in [0.15, 0.2) is 11.5 Å². The minimum absolute atomic E-state index is 0.0647. The van der Waals surface area contributed by atoms with Gasteiger partial charge < -0.3 is 15.2 Å². The van der Waals surface area contributed by atoms with Crippen molar-refractivity contribution in [2.75, 3.05) is 13.2 Å². The van der Waals surface area contributed by atoms with E-state index in [4.69, 9.17) is 15.1 Å². The van der Waals surface area contributed by atoms with Crippen LogP contribution in [0.4, 0.5) is 0 Å². The number of nitrogens with zero attached hydrogens (tertiary/aromatic N) is 1. The van der Waals surface area contributed by atoms with Gasteiger partial charge in [-0.05, 0) is 11.4 Å². The van der Waals surface area contributed by atoms with Crippen LogP contribution in [0.2, 0.25) is 0 Å². The number of nitriles is 1. The summed E-state index contributed by atoms with van der Waals surface area (Å²) in [5.41, 5.74) is 0. The van der Waals surface area contributed by atoms with Crippen LogP contribution in [0.1, 0.15) is 16.1 Å². The van der Waals surface area contributed by atoms with Gasteiger partial charge in [0, 0.05) is 6.54 Å². The molecule has 1 heterocycles. The Bertz CT molecular complexity index is 449. The summed E-state index contributed by atoms with van der Waals surface area (Å²) in [4.78, 5) is 22.0. The van der Waals surface area contributed by atoms with Crippen molar-refractivity contribution in [2.45, 2.75) is 6.42 Å². The van der Waals surface area contributed by atoms with Crippen LogP contribution >= 0.6 is 11.3 Å². The third-order valence-electron chi connectivity index (χ3n) is 1.74. The van der Waals surface area contributed by atoms with Gasteiger partial charge in [-0.2, -0.15) is 5.26 Å². The number of hydrogen-bond donors (Lipinski definition) is 2. The van der Waals surface area contributed by atoms with Crippen LogP contribution in [0.5, 0.6) is 5.75 Å². The van der Waals surface area contributed by atoms with Crippen LogP contribution in [0, 0.1) is 11.3 Å².